The lowest BCUT2D eigenvalue weighted by Gasteiger charge is -2.20. The molecular weight excluding hydrogens is 286 g/mol. The summed E-state index contributed by atoms with van der Waals surface area (Å²) < 4.78 is 0. The smallest absolute Gasteiger partial charge is 0.226 e. The Balaban J connectivity index is 4.94. The predicted octanol–water partition coefficient (Wildman–Crippen LogP) is 1.02. The summed E-state index contributed by atoms with van der Waals surface area (Å²) in [4.78, 5) is 24.3. The van der Waals surface area contributed by atoms with Crippen LogP contribution in [0.3, 0.4) is 0 Å². The van der Waals surface area contributed by atoms with Gasteiger partial charge in [0.25, 0.3) is 0 Å². The predicted molar refractivity (Wildman–Crippen MR) is 80.8 cm³/mol. The Kier molecular flexibility index (Phi) is 9.16. The zero-order valence-electron chi connectivity index (χ0n) is 11.2. The van der Waals surface area contributed by atoms with Crippen molar-refractivity contribution in [1.82, 2.24) is 10.2 Å². The van der Waals surface area contributed by atoms with Crippen molar-refractivity contribution >= 4 is 41.1 Å². The molecule has 0 saturated heterocycles. The van der Waals surface area contributed by atoms with Crippen molar-refractivity contribution in [3.63, 3.8) is 0 Å². The van der Waals surface area contributed by atoms with Crippen LogP contribution in [-0.2, 0) is 9.59 Å². The zero-order chi connectivity index (χ0) is 14.8. The van der Waals surface area contributed by atoms with E-state index in [1.807, 2.05) is 18.9 Å². The lowest BCUT2D eigenvalue weighted by molar-refractivity contribution is -0.120. The number of hydrogen-bond donors (Lipinski definition) is 2. The molecule has 7 heteroatoms. The largest absolute Gasteiger partial charge is 0.369 e. The van der Waals surface area contributed by atoms with E-state index in [4.69, 9.17) is 29.6 Å². The van der Waals surface area contributed by atoms with Crippen molar-refractivity contribution < 1.29 is 9.59 Å². The normalized spacial score (nSPS) is 12.7. The van der Waals surface area contributed by atoms with Crippen LogP contribution in [0.2, 0.25) is 0 Å². The maximum Gasteiger partial charge on any atom is 0.226 e. The zero-order valence-corrected chi connectivity index (χ0v) is 12.8. The van der Waals surface area contributed by atoms with E-state index in [1.54, 1.807) is 6.08 Å². The Morgan fingerprint density at radius 3 is 2.63 bits per heavy atom. The molecule has 0 radical (unpaired) electrons. The monoisotopic (exact) mass is 305 g/mol. The molecule has 0 saturated carbocycles. The Bertz CT molecular complexity index is 361. The minimum absolute atomic E-state index is 0.424. The van der Waals surface area contributed by atoms with Gasteiger partial charge in [0.1, 0.15) is 4.99 Å². The van der Waals surface area contributed by atoms with Gasteiger partial charge in [0.2, 0.25) is 12.3 Å². The molecule has 0 fully saturated rings. The highest BCUT2D eigenvalue weighted by atomic mass is 35.5. The molecule has 108 valence electrons. The summed E-state index contributed by atoms with van der Waals surface area (Å²) in [6, 6.07) is 0. The summed E-state index contributed by atoms with van der Waals surface area (Å²) in [5.74, 6) is -0.492. The van der Waals surface area contributed by atoms with E-state index in [0.29, 0.717) is 35.9 Å². The van der Waals surface area contributed by atoms with E-state index in [2.05, 4.69) is 5.32 Å². The fraction of sp³-hybridized carbons (Fsp3) is 0.583. The number of carbonyl (C=O) groups is 2. The highest BCUT2D eigenvalue weighted by Gasteiger charge is 2.19. The average molecular weight is 306 g/mol. The summed E-state index contributed by atoms with van der Waals surface area (Å²) in [7, 11) is 1.83. The first-order valence-electron chi connectivity index (χ1n) is 6.00. The SMILES string of the molecule is CCC(C(N)=O)/C(=C/C(=S)N(C)CCCCl)NC=O. The van der Waals surface area contributed by atoms with Gasteiger partial charge in [0.05, 0.1) is 5.92 Å². The van der Waals surface area contributed by atoms with Crippen molar-refractivity contribution in [2.75, 3.05) is 19.5 Å². The van der Waals surface area contributed by atoms with Crippen molar-refractivity contribution in [2.24, 2.45) is 11.7 Å². The second-order valence-corrected chi connectivity index (χ2v) is 4.82. The molecule has 0 aliphatic rings. The summed E-state index contributed by atoms with van der Waals surface area (Å²) in [6.07, 6.45) is 3.40. The number of amides is 2. The second kappa shape index (κ2) is 9.75. The molecule has 1 unspecified atom stereocenters. The number of likely N-dealkylation sites (N-methyl/N-ethyl adjacent to an activating group) is 1. The number of halogens is 1. The van der Waals surface area contributed by atoms with Crippen LogP contribution in [0, 0.1) is 5.92 Å². The van der Waals surface area contributed by atoms with Gasteiger partial charge in [0.15, 0.2) is 0 Å². The third-order valence-corrected chi connectivity index (χ3v) is 3.33. The molecule has 0 aromatic rings. The number of primary amides is 1. The number of hydrogen-bond acceptors (Lipinski definition) is 3. The number of carbonyl (C=O) groups excluding carboxylic acids is 2. The molecule has 2 amide bonds. The Hall–Kier alpha value is -1.14. The van der Waals surface area contributed by atoms with E-state index in [1.165, 1.54) is 0 Å². The van der Waals surface area contributed by atoms with Crippen LogP contribution in [-0.4, -0.2) is 41.7 Å². The second-order valence-electron chi connectivity index (χ2n) is 4.03. The number of thiocarbonyl (C=S) groups is 1. The van der Waals surface area contributed by atoms with Gasteiger partial charge in [-0.1, -0.05) is 19.1 Å². The maximum absolute atomic E-state index is 11.3. The molecule has 0 aromatic carbocycles. The van der Waals surface area contributed by atoms with E-state index < -0.39 is 11.8 Å². The van der Waals surface area contributed by atoms with Crippen molar-refractivity contribution in [2.45, 2.75) is 19.8 Å². The fourth-order valence-corrected chi connectivity index (χ4v) is 1.87. The molecule has 0 spiro atoms. The van der Waals surface area contributed by atoms with Crippen LogP contribution in [0.5, 0.6) is 0 Å². The van der Waals surface area contributed by atoms with Gasteiger partial charge in [-0.3, -0.25) is 9.59 Å². The first-order valence-corrected chi connectivity index (χ1v) is 6.94. The van der Waals surface area contributed by atoms with Crippen molar-refractivity contribution in [3.05, 3.63) is 11.8 Å². The van der Waals surface area contributed by atoms with Gasteiger partial charge in [-0.05, 0) is 18.9 Å². The number of nitrogens with one attached hydrogen (secondary N) is 1. The van der Waals surface area contributed by atoms with Crippen LogP contribution in [0.4, 0.5) is 0 Å². The fourth-order valence-electron chi connectivity index (χ4n) is 1.54. The van der Waals surface area contributed by atoms with Crippen LogP contribution in [0.25, 0.3) is 0 Å². The van der Waals surface area contributed by atoms with Crippen LogP contribution < -0.4 is 11.1 Å². The Morgan fingerprint density at radius 2 is 2.21 bits per heavy atom. The van der Waals surface area contributed by atoms with E-state index in [9.17, 15) is 9.59 Å². The van der Waals surface area contributed by atoms with Crippen LogP contribution in [0.1, 0.15) is 19.8 Å². The number of rotatable bonds is 9. The topological polar surface area (TPSA) is 75.4 Å². The molecule has 0 rings (SSSR count). The molecule has 19 heavy (non-hydrogen) atoms. The summed E-state index contributed by atoms with van der Waals surface area (Å²) >= 11 is 10.8. The minimum atomic E-state index is -0.551. The molecule has 1 atom stereocenters. The lowest BCUT2D eigenvalue weighted by atomic mass is 10.0. The van der Waals surface area contributed by atoms with E-state index in [0.717, 1.165) is 6.42 Å². The van der Waals surface area contributed by atoms with Gasteiger partial charge in [-0.15, -0.1) is 11.6 Å². The van der Waals surface area contributed by atoms with E-state index in [-0.39, 0.29) is 0 Å². The first kappa shape index (κ1) is 17.9. The molecule has 3 N–H and O–H groups in total. The third kappa shape index (κ3) is 6.54. The average Bonchev–Trinajstić information content (AvgIpc) is 2.36. The molecule has 0 aliphatic carbocycles. The Morgan fingerprint density at radius 1 is 1.58 bits per heavy atom. The minimum Gasteiger partial charge on any atom is -0.369 e. The van der Waals surface area contributed by atoms with E-state index >= 15 is 0 Å². The molecule has 0 bridgehead atoms. The Labute approximate surface area is 124 Å². The molecule has 0 aliphatic heterocycles. The lowest BCUT2D eigenvalue weighted by Crippen LogP contribution is -2.32. The molecule has 5 nitrogen and oxygen atoms in total. The maximum atomic E-state index is 11.3. The first-order chi connectivity index (χ1) is 8.97. The van der Waals surface area contributed by atoms with Gasteiger partial charge >= 0.3 is 0 Å². The van der Waals surface area contributed by atoms with Gasteiger partial charge in [-0.25, -0.2) is 0 Å². The van der Waals surface area contributed by atoms with Crippen LogP contribution in [0.15, 0.2) is 11.8 Å². The molecule has 0 aromatic heterocycles. The van der Waals surface area contributed by atoms with Gasteiger partial charge in [0, 0.05) is 25.2 Å². The van der Waals surface area contributed by atoms with Crippen molar-refractivity contribution in [3.8, 4) is 0 Å². The summed E-state index contributed by atoms with van der Waals surface area (Å²) in [5.41, 5.74) is 5.72. The quantitative estimate of drug-likeness (QED) is 0.289. The van der Waals surface area contributed by atoms with Crippen LogP contribution >= 0.6 is 23.8 Å². The highest BCUT2D eigenvalue weighted by molar-refractivity contribution is 7.80. The number of nitrogens with two attached hydrogens (primary N) is 1. The standard InChI is InChI=1S/C12H20ClN3O2S/c1-3-9(12(14)18)10(15-8-17)7-11(19)16(2)6-4-5-13/h7-9H,3-6H2,1-2H3,(H2,14,18)(H,15,17)/b10-7-. The number of nitrogens with zero attached hydrogens (tertiary/aromatic N) is 1. The number of alkyl halides is 1. The van der Waals surface area contributed by atoms with Gasteiger partial charge < -0.3 is 16.0 Å². The summed E-state index contributed by atoms with van der Waals surface area (Å²) in [6.45, 7) is 2.52. The molecule has 0 heterocycles. The summed E-state index contributed by atoms with van der Waals surface area (Å²) in [5, 5.41) is 2.50. The van der Waals surface area contributed by atoms with Gasteiger partial charge in [-0.2, -0.15) is 0 Å². The third-order valence-electron chi connectivity index (χ3n) is 2.64. The highest BCUT2D eigenvalue weighted by Crippen LogP contribution is 2.12. The molecular formula is C12H20ClN3O2S. The van der Waals surface area contributed by atoms with Crippen molar-refractivity contribution in [1.29, 1.82) is 0 Å².